The van der Waals surface area contributed by atoms with Crippen molar-refractivity contribution in [1.29, 1.82) is 0 Å². The predicted molar refractivity (Wildman–Crippen MR) is 63.5 cm³/mol. The maximum atomic E-state index is 13.4. The van der Waals surface area contributed by atoms with Crippen molar-refractivity contribution in [3.05, 3.63) is 59.2 Å². The molecular weight excluding hydrogens is 238 g/mol. The highest BCUT2D eigenvalue weighted by Crippen LogP contribution is 2.28. The van der Waals surface area contributed by atoms with Crippen LogP contribution >= 0.6 is 0 Å². The van der Waals surface area contributed by atoms with Crippen molar-refractivity contribution < 1.29 is 18.6 Å². The van der Waals surface area contributed by atoms with Crippen molar-refractivity contribution >= 4 is 0 Å². The summed E-state index contributed by atoms with van der Waals surface area (Å²) < 4.78 is 31.9. The molecule has 2 nitrogen and oxygen atoms in total. The van der Waals surface area contributed by atoms with Gasteiger partial charge in [-0.1, -0.05) is 6.07 Å². The number of hydrogen-bond donors (Lipinski definition) is 1. The molecule has 0 bridgehead atoms. The van der Waals surface area contributed by atoms with Gasteiger partial charge < -0.3 is 9.84 Å². The number of aliphatic hydroxyl groups excluding tert-OH is 1. The van der Waals surface area contributed by atoms with Gasteiger partial charge in [0.05, 0.1) is 12.2 Å². The van der Waals surface area contributed by atoms with E-state index in [2.05, 4.69) is 0 Å². The van der Waals surface area contributed by atoms with Crippen LogP contribution in [0.2, 0.25) is 0 Å². The summed E-state index contributed by atoms with van der Waals surface area (Å²) >= 11 is 0. The van der Waals surface area contributed by atoms with Gasteiger partial charge >= 0.3 is 0 Å². The average Bonchev–Trinajstić information content (AvgIpc) is 2.34. The van der Waals surface area contributed by atoms with Crippen LogP contribution in [0.15, 0.2) is 36.4 Å². The Morgan fingerprint density at radius 3 is 2.56 bits per heavy atom. The summed E-state index contributed by atoms with van der Waals surface area (Å²) in [7, 11) is 0. The second-order valence-corrected chi connectivity index (χ2v) is 3.89. The predicted octanol–water partition coefficient (Wildman–Crippen LogP) is 3.56. The number of benzene rings is 2. The first-order valence-electron chi connectivity index (χ1n) is 5.44. The summed E-state index contributed by atoms with van der Waals surface area (Å²) in [6.45, 7) is 1.16. The minimum absolute atomic E-state index is 0.0829. The molecule has 0 aliphatic rings. The largest absolute Gasteiger partial charge is 0.457 e. The van der Waals surface area contributed by atoms with Crippen LogP contribution in [0.25, 0.3) is 0 Å². The summed E-state index contributed by atoms with van der Waals surface area (Å²) in [6, 6.07) is 8.53. The molecule has 1 N–H and O–H groups in total. The zero-order chi connectivity index (χ0) is 13.1. The first kappa shape index (κ1) is 12.5. The maximum Gasteiger partial charge on any atom is 0.135 e. The van der Waals surface area contributed by atoms with Gasteiger partial charge in [0.2, 0.25) is 0 Å². The molecule has 2 rings (SSSR count). The van der Waals surface area contributed by atoms with Gasteiger partial charge in [-0.05, 0) is 42.8 Å². The molecule has 0 saturated carbocycles. The molecule has 2 aromatic carbocycles. The first-order valence-corrected chi connectivity index (χ1v) is 5.44. The minimum Gasteiger partial charge on any atom is -0.457 e. The Bertz CT molecular complexity index is 568. The summed E-state index contributed by atoms with van der Waals surface area (Å²) in [5.74, 6) is -0.240. The third kappa shape index (κ3) is 2.49. The van der Waals surface area contributed by atoms with Crippen LogP contribution in [-0.4, -0.2) is 5.11 Å². The van der Waals surface area contributed by atoms with Crippen molar-refractivity contribution in [3.8, 4) is 11.5 Å². The zero-order valence-corrected chi connectivity index (χ0v) is 9.78. The monoisotopic (exact) mass is 250 g/mol. The first-order chi connectivity index (χ1) is 8.61. The lowest BCUT2D eigenvalue weighted by Crippen LogP contribution is -1.96. The van der Waals surface area contributed by atoms with Crippen LogP contribution in [0.4, 0.5) is 8.78 Å². The van der Waals surface area contributed by atoms with Gasteiger partial charge in [-0.15, -0.1) is 0 Å². The van der Waals surface area contributed by atoms with Crippen molar-refractivity contribution in [2.45, 2.75) is 13.5 Å². The van der Waals surface area contributed by atoms with Crippen LogP contribution in [0.3, 0.4) is 0 Å². The molecule has 0 amide bonds. The van der Waals surface area contributed by atoms with Crippen molar-refractivity contribution in [3.63, 3.8) is 0 Å². The molecule has 0 aliphatic carbocycles. The molecule has 0 fully saturated rings. The summed E-state index contributed by atoms with van der Waals surface area (Å²) in [6.07, 6.45) is 0. The molecule has 0 heterocycles. The molecule has 0 aromatic heterocycles. The molecule has 0 unspecified atom stereocenters. The van der Waals surface area contributed by atoms with E-state index in [0.717, 1.165) is 0 Å². The lowest BCUT2D eigenvalue weighted by atomic mass is 10.2. The van der Waals surface area contributed by atoms with Gasteiger partial charge in [-0.2, -0.15) is 0 Å². The van der Waals surface area contributed by atoms with E-state index in [0.29, 0.717) is 11.3 Å². The lowest BCUT2D eigenvalue weighted by Gasteiger charge is -2.11. The van der Waals surface area contributed by atoms with Crippen LogP contribution < -0.4 is 4.74 Å². The normalized spacial score (nSPS) is 10.4. The number of aryl methyl sites for hydroxylation is 1. The van der Waals surface area contributed by atoms with E-state index < -0.39 is 12.4 Å². The second-order valence-electron chi connectivity index (χ2n) is 3.89. The van der Waals surface area contributed by atoms with Gasteiger partial charge in [-0.25, -0.2) is 8.78 Å². The fraction of sp³-hybridized carbons (Fsp3) is 0.143. The highest BCUT2D eigenvalue weighted by atomic mass is 19.1. The highest BCUT2D eigenvalue weighted by molar-refractivity contribution is 5.39. The SMILES string of the molecule is Cc1cc(Oc2cccc(F)c2CO)ccc1F. The van der Waals surface area contributed by atoms with E-state index in [1.54, 1.807) is 13.0 Å². The smallest absolute Gasteiger partial charge is 0.135 e. The summed E-state index contributed by atoms with van der Waals surface area (Å²) in [4.78, 5) is 0. The van der Waals surface area contributed by atoms with Gasteiger partial charge in [-0.3, -0.25) is 0 Å². The molecule has 94 valence electrons. The van der Waals surface area contributed by atoms with Gasteiger partial charge in [0, 0.05) is 0 Å². The molecule has 0 aliphatic heterocycles. The van der Waals surface area contributed by atoms with Gasteiger partial charge in [0.15, 0.2) is 0 Å². The van der Waals surface area contributed by atoms with Crippen LogP contribution in [-0.2, 0) is 6.61 Å². The van der Waals surface area contributed by atoms with Gasteiger partial charge in [0.25, 0.3) is 0 Å². The molecule has 0 radical (unpaired) electrons. The topological polar surface area (TPSA) is 29.5 Å². The van der Waals surface area contributed by atoms with E-state index in [9.17, 15) is 8.78 Å². The molecule has 0 saturated heterocycles. The Kier molecular flexibility index (Phi) is 3.58. The third-order valence-electron chi connectivity index (χ3n) is 2.59. The van der Waals surface area contributed by atoms with Crippen molar-refractivity contribution in [2.75, 3.05) is 0 Å². The summed E-state index contributed by atoms with van der Waals surface area (Å²) in [5, 5.41) is 9.10. The zero-order valence-electron chi connectivity index (χ0n) is 9.78. The Hall–Kier alpha value is -1.94. The Labute approximate surface area is 103 Å². The van der Waals surface area contributed by atoms with Crippen LogP contribution in [0.1, 0.15) is 11.1 Å². The number of halogens is 2. The number of rotatable bonds is 3. The Morgan fingerprint density at radius 1 is 1.11 bits per heavy atom. The van der Waals surface area contributed by atoms with E-state index in [4.69, 9.17) is 9.84 Å². The fourth-order valence-corrected chi connectivity index (χ4v) is 1.60. The summed E-state index contributed by atoms with van der Waals surface area (Å²) in [5.41, 5.74) is 0.522. The molecule has 4 heteroatoms. The number of hydrogen-bond acceptors (Lipinski definition) is 2. The Balaban J connectivity index is 2.34. The Morgan fingerprint density at radius 2 is 1.89 bits per heavy atom. The van der Waals surface area contributed by atoms with E-state index in [-0.39, 0.29) is 17.1 Å². The van der Waals surface area contributed by atoms with Crippen molar-refractivity contribution in [2.24, 2.45) is 0 Å². The third-order valence-corrected chi connectivity index (χ3v) is 2.59. The molecule has 0 spiro atoms. The highest BCUT2D eigenvalue weighted by Gasteiger charge is 2.10. The second kappa shape index (κ2) is 5.14. The van der Waals surface area contributed by atoms with E-state index >= 15 is 0 Å². The molecule has 18 heavy (non-hydrogen) atoms. The minimum atomic E-state index is -0.533. The van der Waals surface area contributed by atoms with Crippen molar-refractivity contribution in [1.82, 2.24) is 0 Å². The lowest BCUT2D eigenvalue weighted by molar-refractivity contribution is 0.270. The standard InChI is InChI=1S/C14H12F2O2/c1-9-7-10(5-6-12(9)15)18-14-4-2-3-13(16)11(14)8-17/h2-7,17H,8H2,1H3. The number of aliphatic hydroxyl groups is 1. The van der Waals surface area contributed by atoms with E-state index in [1.165, 1.54) is 30.3 Å². The van der Waals surface area contributed by atoms with E-state index in [1.807, 2.05) is 0 Å². The molecule has 0 atom stereocenters. The van der Waals surface area contributed by atoms with Gasteiger partial charge in [0.1, 0.15) is 23.1 Å². The maximum absolute atomic E-state index is 13.4. The molecule has 2 aromatic rings. The molecular formula is C14H12F2O2. The average molecular weight is 250 g/mol. The van der Waals surface area contributed by atoms with Crippen LogP contribution in [0, 0.1) is 18.6 Å². The fourth-order valence-electron chi connectivity index (χ4n) is 1.60. The quantitative estimate of drug-likeness (QED) is 0.902. The van der Waals surface area contributed by atoms with Crippen LogP contribution in [0.5, 0.6) is 11.5 Å². The number of ether oxygens (including phenoxy) is 1.